The van der Waals surface area contributed by atoms with Gasteiger partial charge in [0.15, 0.2) is 11.7 Å². The van der Waals surface area contributed by atoms with Crippen molar-refractivity contribution in [3.8, 4) is 22.8 Å². The van der Waals surface area contributed by atoms with E-state index in [2.05, 4.69) is 15.6 Å². The van der Waals surface area contributed by atoms with Crippen LogP contribution in [0.4, 0.5) is 5.13 Å². The van der Waals surface area contributed by atoms with Crippen molar-refractivity contribution in [1.29, 1.82) is 0 Å². The maximum absolute atomic E-state index is 12.1. The molecule has 0 spiro atoms. The fourth-order valence-electron chi connectivity index (χ4n) is 2.99. The van der Waals surface area contributed by atoms with Crippen LogP contribution in [0.5, 0.6) is 11.5 Å². The molecule has 3 rings (SSSR count). The largest absolute Gasteiger partial charge is 0.497 e. The average molecular weight is 484 g/mol. The zero-order valence-electron chi connectivity index (χ0n) is 18.8. The Kier molecular flexibility index (Phi) is 8.98. The monoisotopic (exact) mass is 483 g/mol. The maximum atomic E-state index is 12.1. The van der Waals surface area contributed by atoms with E-state index >= 15 is 0 Å². The van der Waals surface area contributed by atoms with Crippen LogP contribution in [0.25, 0.3) is 11.3 Å². The molecule has 2 amide bonds. The number of thiazole rings is 1. The van der Waals surface area contributed by atoms with E-state index < -0.39 is 18.5 Å². The van der Waals surface area contributed by atoms with Crippen LogP contribution < -0.4 is 20.1 Å². The van der Waals surface area contributed by atoms with Gasteiger partial charge in [-0.1, -0.05) is 30.3 Å². The van der Waals surface area contributed by atoms with Gasteiger partial charge in [0.25, 0.3) is 5.91 Å². The Labute approximate surface area is 201 Å². The number of aromatic nitrogens is 1. The van der Waals surface area contributed by atoms with Gasteiger partial charge in [0, 0.05) is 17.5 Å². The Bertz CT molecular complexity index is 1130. The summed E-state index contributed by atoms with van der Waals surface area (Å²) in [5, 5.41) is 7.39. The molecule has 0 aliphatic carbocycles. The summed E-state index contributed by atoms with van der Waals surface area (Å²) in [6.07, 6.45) is 0.195. The normalized spacial score (nSPS) is 10.3. The highest BCUT2D eigenvalue weighted by Gasteiger charge is 2.14. The molecule has 2 aromatic carbocycles. The molecule has 1 heterocycles. The first-order valence-electron chi connectivity index (χ1n) is 10.4. The zero-order valence-corrected chi connectivity index (χ0v) is 19.6. The summed E-state index contributed by atoms with van der Waals surface area (Å²) in [6, 6.07) is 14.6. The minimum absolute atomic E-state index is 0.0369. The number of nitrogens with one attached hydrogen (secondary N) is 2. The smallest absolute Gasteiger partial charge is 0.308 e. The molecule has 0 radical (unpaired) electrons. The summed E-state index contributed by atoms with van der Waals surface area (Å²) < 4.78 is 15.6. The van der Waals surface area contributed by atoms with Crippen LogP contribution in [0.15, 0.2) is 53.9 Å². The first-order valence-corrected chi connectivity index (χ1v) is 11.3. The lowest BCUT2D eigenvalue weighted by Gasteiger charge is -2.08. The molecule has 0 atom stereocenters. The number of hydrogen-bond acceptors (Lipinski definition) is 8. The van der Waals surface area contributed by atoms with E-state index in [-0.39, 0.29) is 25.3 Å². The Hall–Kier alpha value is -3.92. The van der Waals surface area contributed by atoms with Crippen LogP contribution >= 0.6 is 11.3 Å². The number of amides is 2. The predicted octanol–water partition coefficient (Wildman–Crippen LogP) is 3.06. The van der Waals surface area contributed by atoms with Gasteiger partial charge in [0.2, 0.25) is 5.91 Å². The van der Waals surface area contributed by atoms with E-state index in [1.54, 1.807) is 37.8 Å². The molecule has 3 aromatic rings. The van der Waals surface area contributed by atoms with Crippen molar-refractivity contribution in [1.82, 2.24) is 10.3 Å². The molecule has 0 aliphatic rings. The number of carbonyl (C=O) groups is 3. The highest BCUT2D eigenvalue weighted by Crippen LogP contribution is 2.34. The fraction of sp³-hybridized carbons (Fsp3) is 0.250. The van der Waals surface area contributed by atoms with Crippen molar-refractivity contribution in [2.24, 2.45) is 0 Å². The Balaban J connectivity index is 1.41. The van der Waals surface area contributed by atoms with Crippen LogP contribution in [-0.4, -0.2) is 50.1 Å². The molecule has 0 aliphatic heterocycles. The number of esters is 1. The highest BCUT2D eigenvalue weighted by atomic mass is 32.1. The van der Waals surface area contributed by atoms with Gasteiger partial charge in [-0.2, -0.15) is 0 Å². The number of ether oxygens (including phenoxy) is 3. The summed E-state index contributed by atoms with van der Waals surface area (Å²) in [5.41, 5.74) is 2.22. The standard InChI is InChI=1S/C24H25N3O6S/c1-31-17-8-9-20(32-2)18(13-17)19-15-34-24(26-19)27-22(29)14-33-23(30)10-11-25-21(28)12-16-6-4-3-5-7-16/h3-9,13,15H,10-12,14H2,1-2H3,(H,25,28)(H,26,27,29). The molecule has 2 N–H and O–H groups in total. The molecular formula is C24H25N3O6S. The van der Waals surface area contributed by atoms with Crippen molar-refractivity contribution >= 4 is 34.3 Å². The van der Waals surface area contributed by atoms with Crippen LogP contribution in [0.1, 0.15) is 12.0 Å². The summed E-state index contributed by atoms with van der Waals surface area (Å²) in [5.74, 6) is -0.0219. The van der Waals surface area contributed by atoms with Gasteiger partial charge in [-0.05, 0) is 23.8 Å². The zero-order chi connectivity index (χ0) is 24.3. The highest BCUT2D eigenvalue weighted by molar-refractivity contribution is 7.14. The number of nitrogens with zero attached hydrogens (tertiary/aromatic N) is 1. The van der Waals surface area contributed by atoms with Crippen molar-refractivity contribution in [2.75, 3.05) is 32.7 Å². The van der Waals surface area contributed by atoms with Crippen LogP contribution in [-0.2, 0) is 25.5 Å². The van der Waals surface area contributed by atoms with Crippen molar-refractivity contribution in [3.63, 3.8) is 0 Å². The lowest BCUT2D eigenvalue weighted by molar-refractivity contribution is -0.147. The van der Waals surface area contributed by atoms with Gasteiger partial charge in [0.1, 0.15) is 11.5 Å². The minimum atomic E-state index is -0.587. The van der Waals surface area contributed by atoms with Crippen LogP contribution in [0, 0.1) is 0 Å². The summed E-state index contributed by atoms with van der Waals surface area (Å²) in [7, 11) is 3.13. The number of methoxy groups -OCH3 is 2. The first-order chi connectivity index (χ1) is 16.5. The molecule has 0 saturated heterocycles. The first kappa shape index (κ1) is 24.7. The topological polar surface area (TPSA) is 116 Å². The summed E-state index contributed by atoms with van der Waals surface area (Å²) in [6.45, 7) is -0.321. The molecule has 9 nitrogen and oxygen atoms in total. The Morgan fingerprint density at radius 2 is 1.79 bits per heavy atom. The number of rotatable bonds is 11. The molecule has 0 saturated carbocycles. The number of benzene rings is 2. The van der Waals surface area contributed by atoms with Crippen LogP contribution in [0.3, 0.4) is 0 Å². The Morgan fingerprint density at radius 3 is 2.53 bits per heavy atom. The molecule has 10 heteroatoms. The average Bonchev–Trinajstić information content (AvgIpc) is 3.31. The molecule has 0 unspecified atom stereocenters. The van der Waals surface area contributed by atoms with Gasteiger partial charge in [-0.25, -0.2) is 4.98 Å². The minimum Gasteiger partial charge on any atom is -0.497 e. The van der Waals surface area contributed by atoms with Crippen molar-refractivity contribution in [3.05, 3.63) is 59.5 Å². The van der Waals surface area contributed by atoms with Gasteiger partial charge in [-0.3, -0.25) is 19.7 Å². The fourth-order valence-corrected chi connectivity index (χ4v) is 3.72. The van der Waals surface area contributed by atoms with Gasteiger partial charge in [0.05, 0.1) is 32.8 Å². The predicted molar refractivity (Wildman–Crippen MR) is 128 cm³/mol. The SMILES string of the molecule is COc1ccc(OC)c(-c2csc(NC(=O)COC(=O)CCNC(=O)Cc3ccccc3)n2)c1. The lowest BCUT2D eigenvalue weighted by atomic mass is 10.1. The van der Waals surface area contributed by atoms with Gasteiger partial charge >= 0.3 is 5.97 Å². The van der Waals surface area contributed by atoms with E-state index in [4.69, 9.17) is 14.2 Å². The maximum Gasteiger partial charge on any atom is 0.308 e. The molecule has 0 bridgehead atoms. The molecule has 1 aromatic heterocycles. The lowest BCUT2D eigenvalue weighted by Crippen LogP contribution is -2.28. The third kappa shape index (κ3) is 7.31. The molecule has 34 heavy (non-hydrogen) atoms. The van der Waals surface area contributed by atoms with Crippen molar-refractivity contribution in [2.45, 2.75) is 12.8 Å². The Morgan fingerprint density at radius 1 is 1.00 bits per heavy atom. The third-order valence-corrected chi connectivity index (χ3v) is 5.41. The molecule has 0 fully saturated rings. The third-order valence-electron chi connectivity index (χ3n) is 4.66. The van der Waals surface area contributed by atoms with Crippen molar-refractivity contribution < 1.29 is 28.6 Å². The molecule has 178 valence electrons. The van der Waals surface area contributed by atoms with E-state index in [9.17, 15) is 14.4 Å². The number of hydrogen-bond donors (Lipinski definition) is 2. The second kappa shape index (κ2) is 12.4. The second-order valence-corrected chi connectivity index (χ2v) is 7.93. The van der Waals surface area contributed by atoms with E-state index in [0.717, 1.165) is 11.1 Å². The number of anilines is 1. The van der Waals surface area contributed by atoms with E-state index in [1.807, 2.05) is 30.3 Å². The van der Waals surface area contributed by atoms with E-state index in [1.165, 1.54) is 11.3 Å². The number of carbonyl (C=O) groups excluding carboxylic acids is 3. The molecular weight excluding hydrogens is 458 g/mol. The quantitative estimate of drug-likeness (QED) is 0.403. The van der Waals surface area contributed by atoms with Crippen LogP contribution in [0.2, 0.25) is 0 Å². The van der Waals surface area contributed by atoms with Gasteiger partial charge in [-0.15, -0.1) is 11.3 Å². The van der Waals surface area contributed by atoms with Gasteiger partial charge < -0.3 is 19.5 Å². The second-order valence-electron chi connectivity index (χ2n) is 7.08. The van der Waals surface area contributed by atoms with E-state index in [0.29, 0.717) is 22.3 Å². The summed E-state index contributed by atoms with van der Waals surface area (Å²) >= 11 is 1.23. The summed E-state index contributed by atoms with van der Waals surface area (Å²) in [4.78, 5) is 40.3.